The lowest BCUT2D eigenvalue weighted by atomic mass is 9.91. The van der Waals surface area contributed by atoms with E-state index in [9.17, 15) is 36.2 Å². The topological polar surface area (TPSA) is 65.0 Å². The highest BCUT2D eigenvalue weighted by Crippen LogP contribution is 2.50. The van der Waals surface area contributed by atoms with E-state index in [1.165, 1.54) is 14.0 Å². The number of alkyl halides is 6. The van der Waals surface area contributed by atoms with Crippen LogP contribution in [0.4, 0.5) is 26.3 Å². The highest BCUT2D eigenvalue weighted by atomic mass is 19.4. The molecule has 0 bridgehead atoms. The summed E-state index contributed by atoms with van der Waals surface area (Å²) in [6.45, 7) is 1.30. The van der Waals surface area contributed by atoms with Crippen LogP contribution in [0.1, 0.15) is 28.7 Å². The lowest BCUT2D eigenvalue weighted by Gasteiger charge is -2.33. The number of carbonyl (C=O) groups is 1. The molecule has 0 radical (unpaired) electrons. The number of aryl methyl sites for hydroxylation is 2. The lowest BCUT2D eigenvalue weighted by molar-refractivity contribution is -0.376. The molecule has 0 aromatic heterocycles. The molecular weight excluding hydrogens is 542 g/mol. The van der Waals surface area contributed by atoms with Crippen LogP contribution in [-0.2, 0) is 28.0 Å². The van der Waals surface area contributed by atoms with Crippen molar-refractivity contribution in [2.75, 3.05) is 13.7 Å². The highest BCUT2D eigenvalue weighted by molar-refractivity contribution is 5.69. The Bertz CT molecular complexity index is 1240. The van der Waals surface area contributed by atoms with Gasteiger partial charge >= 0.3 is 18.3 Å². The van der Waals surface area contributed by atoms with Crippen LogP contribution in [0.25, 0.3) is 0 Å². The molecule has 0 heterocycles. The van der Waals surface area contributed by atoms with Crippen LogP contribution in [0.15, 0.2) is 72.8 Å². The molecule has 3 aromatic rings. The zero-order valence-corrected chi connectivity index (χ0v) is 21.7. The number of carbonyl (C=O) groups excluding carboxylic acids is 1. The van der Waals surface area contributed by atoms with Crippen molar-refractivity contribution in [2.24, 2.45) is 0 Å². The maximum Gasteiger partial charge on any atom is 0.430 e. The Morgan fingerprint density at radius 1 is 0.875 bits per heavy atom. The summed E-state index contributed by atoms with van der Waals surface area (Å²) in [5.41, 5.74) is -4.66. The SMILES string of the molecule is COC(=O)CCc1ccc(OC[C@H](Cc2ccccc2)Oc2ccc(C(O)(C(F)(F)F)C(F)(F)F)cc2C)cc1. The number of hydrogen-bond acceptors (Lipinski definition) is 5. The molecule has 0 aliphatic carbocycles. The number of benzene rings is 3. The second-order valence-electron chi connectivity index (χ2n) is 9.15. The summed E-state index contributed by atoms with van der Waals surface area (Å²) in [7, 11) is 1.31. The van der Waals surface area contributed by atoms with E-state index in [2.05, 4.69) is 4.74 Å². The van der Waals surface area contributed by atoms with E-state index in [0.29, 0.717) is 30.7 Å². The Labute approximate surface area is 227 Å². The summed E-state index contributed by atoms with van der Waals surface area (Å²) < 4.78 is 96.4. The molecule has 0 fully saturated rings. The maximum atomic E-state index is 13.3. The van der Waals surface area contributed by atoms with Gasteiger partial charge in [0.05, 0.1) is 7.11 Å². The third kappa shape index (κ3) is 7.47. The third-order valence-electron chi connectivity index (χ3n) is 6.22. The van der Waals surface area contributed by atoms with Gasteiger partial charge in [-0.1, -0.05) is 48.5 Å². The maximum absolute atomic E-state index is 13.3. The van der Waals surface area contributed by atoms with Crippen LogP contribution < -0.4 is 9.47 Å². The van der Waals surface area contributed by atoms with Crippen LogP contribution in [0.2, 0.25) is 0 Å². The molecule has 0 saturated carbocycles. The first kappa shape index (κ1) is 30.8. The Morgan fingerprint density at radius 3 is 2.05 bits per heavy atom. The molecule has 5 nitrogen and oxygen atoms in total. The van der Waals surface area contributed by atoms with Gasteiger partial charge in [0.25, 0.3) is 5.60 Å². The van der Waals surface area contributed by atoms with Crippen molar-refractivity contribution < 1.29 is 50.5 Å². The number of rotatable bonds is 11. The number of methoxy groups -OCH3 is 1. The van der Waals surface area contributed by atoms with Crippen LogP contribution in [0, 0.1) is 6.92 Å². The lowest BCUT2D eigenvalue weighted by Crippen LogP contribution is -2.53. The number of halogens is 6. The largest absolute Gasteiger partial charge is 0.490 e. The number of ether oxygens (including phenoxy) is 3. The minimum Gasteiger partial charge on any atom is -0.490 e. The van der Waals surface area contributed by atoms with Gasteiger partial charge in [0.1, 0.15) is 24.2 Å². The molecule has 216 valence electrons. The van der Waals surface area contributed by atoms with Crippen molar-refractivity contribution >= 4 is 5.97 Å². The fourth-order valence-electron chi connectivity index (χ4n) is 3.98. The molecule has 1 atom stereocenters. The Hall–Kier alpha value is -3.73. The molecule has 3 rings (SSSR count). The normalized spacial score (nSPS) is 13.0. The van der Waals surface area contributed by atoms with Gasteiger partial charge in [-0.05, 0) is 54.3 Å². The van der Waals surface area contributed by atoms with Gasteiger partial charge in [-0.3, -0.25) is 4.79 Å². The highest BCUT2D eigenvalue weighted by Gasteiger charge is 2.71. The van der Waals surface area contributed by atoms with Crippen molar-refractivity contribution in [3.63, 3.8) is 0 Å². The second kappa shape index (κ2) is 12.6. The molecule has 0 spiro atoms. The first-order valence-electron chi connectivity index (χ1n) is 12.2. The van der Waals surface area contributed by atoms with Crippen LogP contribution in [-0.4, -0.2) is 43.2 Å². The fraction of sp³-hybridized carbons (Fsp3) is 0.345. The molecule has 0 aliphatic heterocycles. The molecule has 1 N–H and O–H groups in total. The summed E-state index contributed by atoms with van der Waals surface area (Å²) >= 11 is 0. The van der Waals surface area contributed by atoms with Gasteiger partial charge in [0.2, 0.25) is 0 Å². The molecule has 40 heavy (non-hydrogen) atoms. The van der Waals surface area contributed by atoms with Crippen molar-refractivity contribution in [1.82, 2.24) is 0 Å². The van der Waals surface area contributed by atoms with Gasteiger partial charge in [0, 0.05) is 18.4 Å². The van der Waals surface area contributed by atoms with E-state index >= 15 is 0 Å². The zero-order chi connectivity index (χ0) is 29.6. The van der Waals surface area contributed by atoms with E-state index in [1.54, 1.807) is 24.3 Å². The number of aliphatic hydroxyl groups is 1. The molecule has 11 heteroatoms. The van der Waals surface area contributed by atoms with Crippen molar-refractivity contribution in [3.05, 3.63) is 95.1 Å². The summed E-state index contributed by atoms with van der Waals surface area (Å²) in [6, 6.07) is 18.3. The van der Waals surface area contributed by atoms with E-state index in [-0.39, 0.29) is 30.3 Å². The average Bonchev–Trinajstić information content (AvgIpc) is 2.90. The number of hydrogen-bond donors (Lipinski definition) is 1. The monoisotopic (exact) mass is 570 g/mol. The fourth-order valence-corrected chi connectivity index (χ4v) is 3.98. The molecule has 0 unspecified atom stereocenters. The Kier molecular flexibility index (Phi) is 9.73. The van der Waals surface area contributed by atoms with Gasteiger partial charge in [-0.25, -0.2) is 0 Å². The molecule has 3 aromatic carbocycles. The Balaban J connectivity index is 1.79. The average molecular weight is 571 g/mol. The smallest absolute Gasteiger partial charge is 0.430 e. The van der Waals surface area contributed by atoms with Crippen LogP contribution in [0.3, 0.4) is 0 Å². The minimum absolute atomic E-state index is 0.00658. The zero-order valence-electron chi connectivity index (χ0n) is 21.7. The molecule has 0 aliphatic rings. The predicted octanol–water partition coefficient (Wildman–Crippen LogP) is 6.48. The van der Waals surface area contributed by atoms with Crippen LogP contribution >= 0.6 is 0 Å². The standard InChI is InChI=1S/C29H28F6O5/c1-19-16-22(27(37,28(30,31)32)29(33,34)35)11-14-25(19)40-24(17-21-6-4-3-5-7-21)18-39-23-12-8-20(9-13-23)10-15-26(36)38-2/h3-9,11-14,16,24,37H,10,15,17-18H2,1-2H3/t24-/m0/s1. The number of esters is 1. The Morgan fingerprint density at radius 2 is 1.50 bits per heavy atom. The van der Waals surface area contributed by atoms with Gasteiger partial charge < -0.3 is 19.3 Å². The first-order chi connectivity index (χ1) is 18.7. The summed E-state index contributed by atoms with van der Waals surface area (Å²) in [4.78, 5) is 11.3. The van der Waals surface area contributed by atoms with E-state index < -0.39 is 29.6 Å². The van der Waals surface area contributed by atoms with E-state index in [1.807, 2.05) is 30.3 Å². The molecule has 0 saturated heterocycles. The minimum atomic E-state index is -5.99. The van der Waals surface area contributed by atoms with Crippen molar-refractivity contribution in [3.8, 4) is 11.5 Å². The molecule has 0 amide bonds. The second-order valence-corrected chi connectivity index (χ2v) is 9.15. The van der Waals surface area contributed by atoms with Gasteiger partial charge in [-0.15, -0.1) is 0 Å². The van der Waals surface area contributed by atoms with Gasteiger partial charge in [-0.2, -0.15) is 26.3 Å². The summed E-state index contributed by atoms with van der Waals surface area (Å²) in [6.07, 6.45) is -11.6. The summed E-state index contributed by atoms with van der Waals surface area (Å²) in [5, 5.41) is 9.72. The first-order valence-corrected chi connectivity index (χ1v) is 12.2. The quantitative estimate of drug-likeness (QED) is 0.211. The van der Waals surface area contributed by atoms with E-state index in [0.717, 1.165) is 17.2 Å². The van der Waals surface area contributed by atoms with Crippen LogP contribution in [0.5, 0.6) is 11.5 Å². The van der Waals surface area contributed by atoms with Gasteiger partial charge in [0.15, 0.2) is 0 Å². The molecular formula is C29H28F6O5. The predicted molar refractivity (Wildman–Crippen MR) is 134 cm³/mol. The van der Waals surface area contributed by atoms with E-state index in [4.69, 9.17) is 9.47 Å². The third-order valence-corrected chi connectivity index (χ3v) is 6.22. The van der Waals surface area contributed by atoms with Crippen molar-refractivity contribution in [1.29, 1.82) is 0 Å². The summed E-state index contributed by atoms with van der Waals surface area (Å²) in [5.74, 6) is 0.208. The van der Waals surface area contributed by atoms with Crippen molar-refractivity contribution in [2.45, 2.75) is 50.2 Å².